The average Bonchev–Trinajstić information content (AvgIpc) is 2.37. The van der Waals surface area contributed by atoms with Gasteiger partial charge < -0.3 is 0 Å². The van der Waals surface area contributed by atoms with Gasteiger partial charge in [0.05, 0.1) is 13.8 Å². The lowest BCUT2D eigenvalue weighted by atomic mass is 9.91. The third kappa shape index (κ3) is 3.37. The highest BCUT2D eigenvalue weighted by Gasteiger charge is 2.25. The summed E-state index contributed by atoms with van der Waals surface area (Å²) in [4.78, 5) is 1.54. The molecule has 0 saturated carbocycles. The van der Waals surface area contributed by atoms with E-state index in [0.717, 1.165) is 8.35 Å². The van der Waals surface area contributed by atoms with E-state index in [0.29, 0.717) is 0 Å². The van der Waals surface area contributed by atoms with Crippen molar-refractivity contribution in [3.63, 3.8) is 0 Å². The Hall–Kier alpha value is -0.983. The van der Waals surface area contributed by atoms with Crippen LogP contribution >= 0.6 is 8.35 Å². The van der Waals surface area contributed by atoms with Gasteiger partial charge in [0.1, 0.15) is 0 Å². The lowest BCUT2D eigenvalue weighted by Gasteiger charge is -2.24. The lowest BCUT2D eigenvalue weighted by Crippen LogP contribution is -2.37. The Labute approximate surface area is 125 Å². The molecule has 1 heterocycles. The van der Waals surface area contributed by atoms with E-state index >= 15 is 0 Å². The number of hydrogen-bond donors (Lipinski definition) is 0. The average molecular weight is 301 g/mol. The molecule has 2 rings (SSSR count). The van der Waals surface area contributed by atoms with Gasteiger partial charge in [-0.3, -0.25) is 0 Å². The van der Waals surface area contributed by atoms with Crippen molar-refractivity contribution in [1.82, 2.24) is 4.75 Å². The molecular formula is C17H24NPSi. The Morgan fingerprint density at radius 1 is 1.00 bits per heavy atom. The summed E-state index contributed by atoms with van der Waals surface area (Å²) in [7, 11) is -0.208. The molecule has 0 radical (unpaired) electrons. The summed E-state index contributed by atoms with van der Waals surface area (Å²) in [6, 6.07) is 13.1. The van der Waals surface area contributed by atoms with Crippen LogP contribution in [0.4, 0.5) is 0 Å². The molecule has 0 aliphatic heterocycles. The van der Waals surface area contributed by atoms with E-state index in [1.165, 1.54) is 21.7 Å². The monoisotopic (exact) mass is 301 g/mol. The zero-order valence-corrected chi connectivity index (χ0v) is 15.3. The fourth-order valence-corrected chi connectivity index (χ4v) is 5.39. The first kappa shape index (κ1) is 15.4. The van der Waals surface area contributed by atoms with Crippen molar-refractivity contribution in [3.05, 3.63) is 42.1 Å². The van der Waals surface area contributed by atoms with Crippen molar-refractivity contribution in [2.45, 2.75) is 45.8 Å². The fourth-order valence-electron chi connectivity index (χ4n) is 2.15. The van der Waals surface area contributed by atoms with Gasteiger partial charge in [0, 0.05) is 13.8 Å². The Morgan fingerprint density at radius 3 is 2.10 bits per heavy atom. The van der Waals surface area contributed by atoms with Crippen molar-refractivity contribution < 1.29 is 0 Å². The Bertz CT molecular complexity index is 595. The Balaban J connectivity index is 2.67. The molecule has 0 amide bonds. The van der Waals surface area contributed by atoms with Gasteiger partial charge in [0.15, 0.2) is 0 Å². The van der Waals surface area contributed by atoms with Crippen molar-refractivity contribution in [2.24, 2.45) is 0 Å². The van der Waals surface area contributed by atoms with Crippen LogP contribution in [0.3, 0.4) is 0 Å². The van der Waals surface area contributed by atoms with E-state index in [1.54, 1.807) is 0 Å². The van der Waals surface area contributed by atoms with Gasteiger partial charge in [-0.2, -0.15) is 0 Å². The SMILES string of the molecule is CC(C)(C)c1cc(-c2ccccc2)c([Si](C)(C)C)pn1. The summed E-state index contributed by atoms with van der Waals surface area (Å²) in [5.74, 6) is 0. The second-order valence-corrected chi connectivity index (χ2v) is 13.6. The second-order valence-electron chi connectivity index (χ2n) is 7.36. The topological polar surface area (TPSA) is 12.9 Å². The predicted molar refractivity (Wildman–Crippen MR) is 93.9 cm³/mol. The molecule has 0 aliphatic rings. The molecule has 2 aromatic rings. The van der Waals surface area contributed by atoms with Crippen LogP contribution in [0.5, 0.6) is 0 Å². The first-order valence-electron chi connectivity index (χ1n) is 7.14. The highest BCUT2D eigenvalue weighted by Crippen LogP contribution is 2.29. The van der Waals surface area contributed by atoms with E-state index in [4.69, 9.17) is 4.75 Å². The number of nitrogens with zero attached hydrogens (tertiary/aromatic N) is 1. The van der Waals surface area contributed by atoms with Gasteiger partial charge in [0.25, 0.3) is 0 Å². The Morgan fingerprint density at radius 2 is 1.60 bits per heavy atom. The minimum Gasteiger partial charge on any atom is -0.232 e. The molecule has 1 aromatic carbocycles. The van der Waals surface area contributed by atoms with Crippen molar-refractivity contribution in [3.8, 4) is 11.1 Å². The molecule has 0 atom stereocenters. The zero-order chi connectivity index (χ0) is 15.0. The largest absolute Gasteiger partial charge is 0.232 e. The van der Waals surface area contributed by atoms with E-state index in [2.05, 4.69) is 76.8 Å². The minimum atomic E-state index is -1.36. The van der Waals surface area contributed by atoms with Gasteiger partial charge in [-0.25, -0.2) is 4.75 Å². The van der Waals surface area contributed by atoms with E-state index in [1.807, 2.05) is 0 Å². The number of benzene rings is 1. The molecule has 3 heteroatoms. The molecule has 106 valence electrons. The number of rotatable bonds is 2. The van der Waals surface area contributed by atoms with Crippen LogP contribution in [0.2, 0.25) is 19.6 Å². The summed E-state index contributed by atoms with van der Waals surface area (Å²) in [5.41, 5.74) is 4.05. The van der Waals surface area contributed by atoms with Crippen LogP contribution in [0, 0.1) is 0 Å². The van der Waals surface area contributed by atoms with Gasteiger partial charge in [-0.1, -0.05) is 70.7 Å². The van der Waals surface area contributed by atoms with E-state index in [-0.39, 0.29) is 5.41 Å². The molecule has 0 spiro atoms. The smallest absolute Gasteiger partial charge is 0.0863 e. The number of aromatic nitrogens is 1. The lowest BCUT2D eigenvalue weighted by molar-refractivity contribution is 0.575. The fraction of sp³-hybridized carbons (Fsp3) is 0.412. The van der Waals surface area contributed by atoms with E-state index in [9.17, 15) is 0 Å². The van der Waals surface area contributed by atoms with Crippen molar-refractivity contribution in [1.29, 1.82) is 0 Å². The van der Waals surface area contributed by atoms with Crippen molar-refractivity contribution >= 4 is 21.3 Å². The van der Waals surface area contributed by atoms with E-state index < -0.39 is 8.07 Å². The molecule has 0 saturated heterocycles. The molecule has 0 fully saturated rings. The van der Waals surface area contributed by atoms with Gasteiger partial charge in [-0.15, -0.1) is 0 Å². The molecule has 0 N–H and O–H groups in total. The first-order valence-corrected chi connectivity index (χ1v) is 11.5. The maximum Gasteiger partial charge on any atom is 0.0863 e. The van der Waals surface area contributed by atoms with Crippen LogP contribution in [0.1, 0.15) is 26.5 Å². The van der Waals surface area contributed by atoms with Crippen LogP contribution in [0.25, 0.3) is 11.1 Å². The maximum atomic E-state index is 4.83. The summed E-state index contributed by atoms with van der Waals surface area (Å²) < 4.78 is 4.83. The minimum absolute atomic E-state index is 0.109. The summed E-state index contributed by atoms with van der Waals surface area (Å²) in [6.07, 6.45) is 0. The molecule has 0 unspecified atom stereocenters. The summed E-state index contributed by atoms with van der Waals surface area (Å²) in [6.45, 7) is 13.9. The quantitative estimate of drug-likeness (QED) is 0.697. The molecule has 1 nitrogen and oxygen atoms in total. The third-order valence-electron chi connectivity index (χ3n) is 3.36. The van der Waals surface area contributed by atoms with Crippen LogP contribution in [-0.4, -0.2) is 12.8 Å². The van der Waals surface area contributed by atoms with Crippen LogP contribution in [-0.2, 0) is 5.41 Å². The number of hydrogen-bond acceptors (Lipinski definition) is 1. The second kappa shape index (κ2) is 5.42. The normalized spacial score (nSPS) is 12.9. The third-order valence-corrected chi connectivity index (χ3v) is 8.12. The molecule has 0 bridgehead atoms. The van der Waals surface area contributed by atoms with Crippen molar-refractivity contribution in [2.75, 3.05) is 0 Å². The van der Waals surface area contributed by atoms with Gasteiger partial charge in [-0.05, 0) is 22.1 Å². The summed E-state index contributed by atoms with van der Waals surface area (Å²) >= 11 is 0. The molecular weight excluding hydrogens is 277 g/mol. The standard InChI is InChI=1S/C17H24NPSi/c1-17(2,3)15-12-14(13-10-8-7-9-11-13)16(19-18-15)20(4,5)6/h7-12H,1-6H3. The van der Waals surface area contributed by atoms with Gasteiger partial charge >= 0.3 is 0 Å². The van der Waals surface area contributed by atoms with Crippen LogP contribution < -0.4 is 4.92 Å². The molecule has 20 heavy (non-hydrogen) atoms. The van der Waals surface area contributed by atoms with Gasteiger partial charge in [0.2, 0.25) is 0 Å². The zero-order valence-electron chi connectivity index (χ0n) is 13.4. The molecule has 1 aromatic heterocycles. The first-order chi connectivity index (χ1) is 9.19. The van der Waals surface area contributed by atoms with Crippen LogP contribution in [0.15, 0.2) is 36.4 Å². The maximum absolute atomic E-state index is 4.83. The Kier molecular flexibility index (Phi) is 4.18. The predicted octanol–water partition coefficient (Wildman–Crippen LogP) is 5.17. The summed E-state index contributed by atoms with van der Waals surface area (Å²) in [5, 5.41) is 0. The highest BCUT2D eigenvalue weighted by atomic mass is 31.0. The molecule has 0 aliphatic carbocycles. The highest BCUT2D eigenvalue weighted by molar-refractivity contribution is 7.38.